The molecular weight excluding hydrogens is 480 g/mol. The lowest BCUT2D eigenvalue weighted by atomic mass is 9.95. The highest BCUT2D eigenvalue weighted by Crippen LogP contribution is 2.40. The summed E-state index contributed by atoms with van der Waals surface area (Å²) in [6, 6.07) is 19.6. The molecule has 1 aromatic heterocycles. The van der Waals surface area contributed by atoms with Gasteiger partial charge in [-0.3, -0.25) is 9.59 Å². The molecule has 7 nitrogen and oxygen atoms in total. The molecule has 0 aliphatic carbocycles. The molecule has 0 saturated carbocycles. The molecule has 1 aliphatic rings. The summed E-state index contributed by atoms with van der Waals surface area (Å²) in [5.41, 5.74) is 4.30. The molecule has 1 fully saturated rings. The SMILES string of the molecule is CCOc1ccc([C@@H]2C(=C(O)c3ccc(C)cc3)C(=O)C(=O)N2CCc2c[nH]c3ccc(OC)cc23)cc1. The Kier molecular flexibility index (Phi) is 6.92. The van der Waals surface area contributed by atoms with Gasteiger partial charge in [-0.1, -0.05) is 42.0 Å². The van der Waals surface area contributed by atoms with Gasteiger partial charge in [-0.15, -0.1) is 0 Å². The smallest absolute Gasteiger partial charge is 0.295 e. The Balaban J connectivity index is 1.54. The van der Waals surface area contributed by atoms with E-state index in [1.807, 2.05) is 74.6 Å². The monoisotopic (exact) mass is 510 g/mol. The van der Waals surface area contributed by atoms with Crippen LogP contribution in [0.4, 0.5) is 0 Å². The van der Waals surface area contributed by atoms with Gasteiger partial charge >= 0.3 is 0 Å². The van der Waals surface area contributed by atoms with Crippen LogP contribution in [0.3, 0.4) is 0 Å². The summed E-state index contributed by atoms with van der Waals surface area (Å²) in [6.07, 6.45) is 2.43. The van der Waals surface area contributed by atoms with E-state index in [4.69, 9.17) is 9.47 Å². The van der Waals surface area contributed by atoms with Gasteiger partial charge in [0.15, 0.2) is 0 Å². The lowest BCUT2D eigenvalue weighted by Gasteiger charge is -2.25. The molecule has 0 bridgehead atoms. The zero-order valence-corrected chi connectivity index (χ0v) is 21.7. The minimum atomic E-state index is -0.730. The lowest BCUT2D eigenvalue weighted by Crippen LogP contribution is -2.31. The zero-order chi connectivity index (χ0) is 26.8. The number of fused-ring (bicyclic) bond motifs is 1. The Hall–Kier alpha value is -4.52. The van der Waals surface area contributed by atoms with Crippen molar-refractivity contribution in [3.05, 3.63) is 101 Å². The van der Waals surface area contributed by atoms with E-state index in [0.29, 0.717) is 24.3 Å². The number of aliphatic hydroxyl groups is 1. The van der Waals surface area contributed by atoms with Crippen LogP contribution in [0.15, 0.2) is 78.5 Å². The molecule has 7 heteroatoms. The number of ether oxygens (including phenoxy) is 2. The minimum Gasteiger partial charge on any atom is -0.507 e. The second kappa shape index (κ2) is 10.5. The van der Waals surface area contributed by atoms with Crippen molar-refractivity contribution < 1.29 is 24.2 Å². The van der Waals surface area contributed by atoms with Crippen LogP contribution in [-0.4, -0.2) is 46.9 Å². The summed E-state index contributed by atoms with van der Waals surface area (Å²) in [5.74, 6) is -0.0650. The van der Waals surface area contributed by atoms with Crippen molar-refractivity contribution in [1.82, 2.24) is 9.88 Å². The number of H-pyrrole nitrogens is 1. The van der Waals surface area contributed by atoms with E-state index in [9.17, 15) is 14.7 Å². The number of aromatic nitrogens is 1. The second-order valence-corrected chi connectivity index (χ2v) is 9.34. The first-order valence-electron chi connectivity index (χ1n) is 12.6. The zero-order valence-electron chi connectivity index (χ0n) is 21.7. The highest BCUT2D eigenvalue weighted by molar-refractivity contribution is 6.46. The number of aromatic amines is 1. The van der Waals surface area contributed by atoms with Crippen LogP contribution in [0.25, 0.3) is 16.7 Å². The van der Waals surface area contributed by atoms with E-state index in [1.54, 1.807) is 24.1 Å². The molecule has 38 heavy (non-hydrogen) atoms. The van der Waals surface area contributed by atoms with E-state index in [1.165, 1.54) is 0 Å². The number of hydrogen-bond donors (Lipinski definition) is 2. The van der Waals surface area contributed by atoms with Crippen LogP contribution in [0.1, 0.15) is 35.2 Å². The van der Waals surface area contributed by atoms with Crippen LogP contribution in [-0.2, 0) is 16.0 Å². The van der Waals surface area contributed by atoms with Crippen LogP contribution in [0.2, 0.25) is 0 Å². The molecule has 5 rings (SSSR count). The number of methoxy groups -OCH3 is 1. The first-order chi connectivity index (χ1) is 18.4. The van der Waals surface area contributed by atoms with Crippen LogP contribution in [0.5, 0.6) is 11.5 Å². The molecule has 1 aliphatic heterocycles. The summed E-state index contributed by atoms with van der Waals surface area (Å²) < 4.78 is 11.0. The number of hydrogen-bond acceptors (Lipinski definition) is 5. The number of Topliss-reactive ketones (excluding diaryl/α,β-unsaturated/α-hetero) is 1. The largest absolute Gasteiger partial charge is 0.507 e. The molecule has 0 radical (unpaired) electrons. The van der Waals surface area contributed by atoms with Crippen molar-refractivity contribution in [3.8, 4) is 11.5 Å². The summed E-state index contributed by atoms with van der Waals surface area (Å²) >= 11 is 0. The standard InChI is InChI=1S/C31H30N2O5/c1-4-38-23-11-9-20(10-12-23)28-27(29(34)21-7-5-19(2)6-8-21)30(35)31(36)33(28)16-15-22-18-32-26-14-13-24(37-3)17-25(22)26/h5-14,17-18,28,32,34H,4,15-16H2,1-3H3/t28-/m1/s1. The van der Waals surface area contributed by atoms with Crippen LogP contribution >= 0.6 is 0 Å². The van der Waals surface area contributed by atoms with Crippen molar-refractivity contribution in [1.29, 1.82) is 0 Å². The highest BCUT2D eigenvalue weighted by Gasteiger charge is 2.45. The number of rotatable bonds is 8. The molecule has 2 N–H and O–H groups in total. The quantitative estimate of drug-likeness (QED) is 0.184. The number of amides is 1. The molecule has 2 heterocycles. The van der Waals surface area contributed by atoms with Gasteiger partial charge in [0.2, 0.25) is 0 Å². The van der Waals surface area contributed by atoms with E-state index >= 15 is 0 Å². The number of aryl methyl sites for hydroxylation is 1. The topological polar surface area (TPSA) is 91.9 Å². The van der Waals surface area contributed by atoms with E-state index in [0.717, 1.165) is 33.3 Å². The van der Waals surface area contributed by atoms with Crippen LogP contribution in [0, 0.1) is 6.92 Å². The van der Waals surface area contributed by atoms with Gasteiger partial charge < -0.3 is 24.5 Å². The Morgan fingerprint density at radius 2 is 1.71 bits per heavy atom. The van der Waals surface area contributed by atoms with Crippen LogP contribution < -0.4 is 9.47 Å². The number of carbonyl (C=O) groups is 2. The maximum Gasteiger partial charge on any atom is 0.295 e. The first-order valence-corrected chi connectivity index (χ1v) is 12.6. The predicted octanol–water partition coefficient (Wildman–Crippen LogP) is 5.55. The maximum absolute atomic E-state index is 13.4. The highest BCUT2D eigenvalue weighted by atomic mass is 16.5. The summed E-state index contributed by atoms with van der Waals surface area (Å²) in [6.45, 7) is 4.67. The molecule has 194 valence electrons. The summed E-state index contributed by atoms with van der Waals surface area (Å²) in [5, 5.41) is 12.3. The van der Waals surface area contributed by atoms with Gasteiger partial charge in [-0.2, -0.15) is 0 Å². The van der Waals surface area contributed by atoms with E-state index < -0.39 is 17.7 Å². The fourth-order valence-corrected chi connectivity index (χ4v) is 4.97. The Morgan fingerprint density at radius 1 is 1.00 bits per heavy atom. The predicted molar refractivity (Wildman–Crippen MR) is 146 cm³/mol. The number of carbonyl (C=O) groups excluding carboxylic acids is 2. The summed E-state index contributed by atoms with van der Waals surface area (Å²) in [4.78, 5) is 31.5. The molecular formula is C31H30N2O5. The van der Waals surface area contributed by atoms with Gasteiger partial charge in [0.05, 0.1) is 25.3 Å². The number of nitrogens with zero attached hydrogens (tertiary/aromatic N) is 1. The lowest BCUT2D eigenvalue weighted by molar-refractivity contribution is -0.139. The van der Waals surface area contributed by atoms with Gasteiger partial charge in [0.25, 0.3) is 11.7 Å². The first kappa shape index (κ1) is 25.1. The number of aliphatic hydroxyl groups excluding tert-OH is 1. The van der Waals surface area contributed by atoms with E-state index in [2.05, 4.69) is 4.98 Å². The van der Waals surface area contributed by atoms with Crippen molar-refractivity contribution >= 4 is 28.4 Å². The average molecular weight is 511 g/mol. The minimum absolute atomic E-state index is 0.0867. The van der Waals surface area contributed by atoms with Gasteiger partial charge in [0, 0.05) is 29.2 Å². The average Bonchev–Trinajstić information content (AvgIpc) is 3.45. The number of likely N-dealkylation sites (tertiary alicyclic amines) is 1. The molecule has 1 atom stereocenters. The van der Waals surface area contributed by atoms with Crippen molar-refractivity contribution in [2.24, 2.45) is 0 Å². The van der Waals surface area contributed by atoms with E-state index in [-0.39, 0.29) is 17.9 Å². The molecule has 1 saturated heterocycles. The third-order valence-electron chi connectivity index (χ3n) is 6.97. The van der Waals surface area contributed by atoms with Gasteiger partial charge in [0.1, 0.15) is 17.3 Å². The maximum atomic E-state index is 13.4. The number of benzene rings is 3. The van der Waals surface area contributed by atoms with Crippen molar-refractivity contribution in [2.75, 3.05) is 20.3 Å². The molecule has 0 spiro atoms. The molecule has 4 aromatic rings. The molecule has 0 unspecified atom stereocenters. The third kappa shape index (κ3) is 4.63. The third-order valence-corrected chi connectivity index (χ3v) is 6.97. The molecule has 3 aromatic carbocycles. The Bertz CT molecular complexity index is 1520. The normalized spacial score (nSPS) is 16.8. The fraction of sp³-hybridized carbons (Fsp3) is 0.226. The van der Waals surface area contributed by atoms with Gasteiger partial charge in [-0.05, 0) is 61.7 Å². The van der Waals surface area contributed by atoms with Gasteiger partial charge in [-0.25, -0.2) is 0 Å². The molecule has 1 amide bonds. The second-order valence-electron chi connectivity index (χ2n) is 9.34. The fourth-order valence-electron chi connectivity index (χ4n) is 4.97. The Labute approximate surface area is 221 Å². The number of ketones is 1. The summed E-state index contributed by atoms with van der Waals surface area (Å²) in [7, 11) is 1.62. The number of nitrogens with one attached hydrogen (secondary N) is 1. The Morgan fingerprint density at radius 3 is 2.39 bits per heavy atom. The van der Waals surface area contributed by atoms with Crippen molar-refractivity contribution in [2.45, 2.75) is 26.3 Å². The van der Waals surface area contributed by atoms with Crippen molar-refractivity contribution in [3.63, 3.8) is 0 Å².